The van der Waals surface area contributed by atoms with Crippen molar-refractivity contribution in [1.29, 1.82) is 0 Å². The summed E-state index contributed by atoms with van der Waals surface area (Å²) in [6.45, 7) is 4.93. The largest absolute Gasteiger partial charge is 0.454 e. The molecule has 4 amide bonds. The van der Waals surface area contributed by atoms with E-state index in [1.807, 2.05) is 45.0 Å². The number of rotatable bonds is 7. The van der Waals surface area contributed by atoms with Gasteiger partial charge in [-0.3, -0.25) is 19.3 Å². The van der Waals surface area contributed by atoms with Gasteiger partial charge in [0.15, 0.2) is 6.61 Å². The van der Waals surface area contributed by atoms with E-state index >= 15 is 0 Å². The molecular formula is C23H31N3O5. The number of benzene rings is 1. The smallest absolute Gasteiger partial charge is 0.326 e. The first-order chi connectivity index (χ1) is 14.8. The summed E-state index contributed by atoms with van der Waals surface area (Å²) in [4.78, 5) is 50.6. The number of carbonyl (C=O) groups excluding carboxylic acids is 4. The zero-order chi connectivity index (χ0) is 22.6. The molecule has 0 aromatic heterocycles. The van der Waals surface area contributed by atoms with E-state index < -0.39 is 36.6 Å². The Morgan fingerprint density at radius 3 is 2.61 bits per heavy atom. The lowest BCUT2D eigenvalue weighted by atomic mass is 9.73. The average molecular weight is 430 g/mol. The van der Waals surface area contributed by atoms with E-state index in [0.717, 1.165) is 35.3 Å². The number of aryl methyl sites for hydroxylation is 1. The van der Waals surface area contributed by atoms with Crippen molar-refractivity contribution >= 4 is 23.8 Å². The Hall–Kier alpha value is -2.90. The molecule has 1 saturated heterocycles. The van der Waals surface area contributed by atoms with Crippen LogP contribution in [0.15, 0.2) is 24.3 Å². The fraction of sp³-hybridized carbons (Fsp3) is 0.565. The van der Waals surface area contributed by atoms with Crippen molar-refractivity contribution < 1.29 is 23.9 Å². The van der Waals surface area contributed by atoms with Gasteiger partial charge in [0, 0.05) is 0 Å². The van der Waals surface area contributed by atoms with Crippen LogP contribution in [-0.2, 0) is 19.1 Å². The first kappa shape index (κ1) is 22.8. The van der Waals surface area contributed by atoms with Gasteiger partial charge in [0.25, 0.3) is 11.8 Å². The Morgan fingerprint density at radius 2 is 1.97 bits per heavy atom. The molecule has 1 spiro atoms. The number of hydrogen-bond donors (Lipinski definition) is 2. The normalized spacial score (nSPS) is 24.1. The zero-order valence-electron chi connectivity index (χ0n) is 18.4. The second-order valence-corrected chi connectivity index (χ2v) is 8.54. The second-order valence-electron chi connectivity index (χ2n) is 8.54. The molecule has 0 radical (unpaired) electrons. The average Bonchev–Trinajstić information content (AvgIpc) is 2.98. The van der Waals surface area contributed by atoms with E-state index in [1.54, 1.807) is 0 Å². The number of imide groups is 1. The maximum atomic E-state index is 12.9. The number of amides is 4. The fourth-order valence-electron chi connectivity index (χ4n) is 4.42. The summed E-state index contributed by atoms with van der Waals surface area (Å²) in [5.41, 5.74) is 1.18. The van der Waals surface area contributed by atoms with E-state index in [4.69, 9.17) is 4.74 Å². The van der Waals surface area contributed by atoms with Crippen molar-refractivity contribution in [2.75, 3.05) is 13.2 Å². The Bertz CT molecular complexity index is 853. The number of carbonyl (C=O) groups is 4. The highest BCUT2D eigenvalue weighted by atomic mass is 16.5. The molecule has 0 bridgehead atoms. The first-order valence-electron chi connectivity index (χ1n) is 10.9. The molecule has 1 heterocycles. The number of hydrogen-bond acceptors (Lipinski definition) is 5. The minimum atomic E-state index is -0.921. The van der Waals surface area contributed by atoms with Crippen LogP contribution < -0.4 is 10.6 Å². The predicted molar refractivity (Wildman–Crippen MR) is 114 cm³/mol. The van der Waals surface area contributed by atoms with Gasteiger partial charge >= 0.3 is 12.0 Å². The van der Waals surface area contributed by atoms with Gasteiger partial charge in [0.1, 0.15) is 12.1 Å². The molecule has 0 unspecified atom stereocenters. The van der Waals surface area contributed by atoms with E-state index in [9.17, 15) is 19.2 Å². The van der Waals surface area contributed by atoms with Crippen LogP contribution in [0.5, 0.6) is 0 Å². The predicted octanol–water partition coefficient (Wildman–Crippen LogP) is 2.61. The van der Waals surface area contributed by atoms with Crippen molar-refractivity contribution in [3.05, 3.63) is 35.4 Å². The van der Waals surface area contributed by atoms with Gasteiger partial charge in [-0.2, -0.15) is 0 Å². The highest BCUT2D eigenvalue weighted by Crippen LogP contribution is 2.38. The van der Waals surface area contributed by atoms with Gasteiger partial charge in [-0.05, 0) is 37.7 Å². The second kappa shape index (κ2) is 9.49. The highest BCUT2D eigenvalue weighted by Gasteiger charge is 2.55. The number of esters is 1. The molecule has 2 N–H and O–H groups in total. The molecule has 31 heavy (non-hydrogen) atoms. The monoisotopic (exact) mass is 429 g/mol. The Balaban J connectivity index is 1.51. The molecule has 3 atom stereocenters. The fourth-order valence-corrected chi connectivity index (χ4v) is 4.42. The molecule has 3 rings (SSSR count). The summed E-state index contributed by atoms with van der Waals surface area (Å²) in [7, 11) is 0. The third kappa shape index (κ3) is 4.89. The number of ether oxygens (including phenoxy) is 1. The van der Waals surface area contributed by atoms with Crippen molar-refractivity contribution in [2.45, 2.75) is 64.5 Å². The van der Waals surface area contributed by atoms with Gasteiger partial charge in [0.2, 0.25) is 0 Å². The summed E-state index contributed by atoms with van der Waals surface area (Å²) in [6, 6.07) is 7.09. The Kier molecular flexibility index (Phi) is 6.97. The van der Waals surface area contributed by atoms with Crippen LogP contribution in [0.4, 0.5) is 4.79 Å². The highest BCUT2D eigenvalue weighted by molar-refractivity contribution is 6.09. The van der Waals surface area contributed by atoms with Gasteiger partial charge in [-0.1, -0.05) is 56.5 Å². The number of nitrogens with one attached hydrogen (secondary N) is 2. The quantitative estimate of drug-likeness (QED) is 0.512. The van der Waals surface area contributed by atoms with Crippen molar-refractivity contribution in [3.63, 3.8) is 0 Å². The van der Waals surface area contributed by atoms with E-state index in [1.165, 1.54) is 0 Å². The molecule has 168 valence electrons. The van der Waals surface area contributed by atoms with Crippen LogP contribution in [0.3, 0.4) is 0 Å². The maximum absolute atomic E-state index is 12.9. The molecule has 1 aliphatic carbocycles. The summed E-state index contributed by atoms with van der Waals surface area (Å²) >= 11 is 0. The summed E-state index contributed by atoms with van der Waals surface area (Å²) in [5, 5.41) is 5.64. The first-order valence-corrected chi connectivity index (χ1v) is 10.9. The third-order valence-electron chi connectivity index (χ3n) is 6.38. The van der Waals surface area contributed by atoms with Gasteiger partial charge in [0.05, 0.1) is 6.04 Å². The molecule has 8 heteroatoms. The lowest BCUT2D eigenvalue weighted by molar-refractivity contribution is -0.151. The zero-order valence-corrected chi connectivity index (χ0v) is 18.4. The van der Waals surface area contributed by atoms with E-state index in [2.05, 4.69) is 10.6 Å². The minimum absolute atomic E-state index is 0.0113. The van der Waals surface area contributed by atoms with Gasteiger partial charge in [-0.25, -0.2) is 4.79 Å². The van der Waals surface area contributed by atoms with Crippen LogP contribution in [0.2, 0.25) is 0 Å². The van der Waals surface area contributed by atoms with Crippen LogP contribution in [0, 0.1) is 12.8 Å². The van der Waals surface area contributed by atoms with Gasteiger partial charge < -0.3 is 15.4 Å². The summed E-state index contributed by atoms with van der Waals surface area (Å²) in [5.74, 6) is -1.59. The molecule has 2 aliphatic rings. The van der Waals surface area contributed by atoms with Crippen molar-refractivity contribution in [2.24, 2.45) is 5.92 Å². The Morgan fingerprint density at radius 1 is 1.26 bits per heavy atom. The van der Waals surface area contributed by atoms with Crippen molar-refractivity contribution in [3.8, 4) is 0 Å². The molecule has 1 aromatic carbocycles. The van der Waals surface area contributed by atoms with Crippen molar-refractivity contribution in [1.82, 2.24) is 15.5 Å². The number of urea groups is 1. The van der Waals surface area contributed by atoms with Crippen LogP contribution in [0.1, 0.15) is 63.1 Å². The molecule has 2 fully saturated rings. The third-order valence-corrected chi connectivity index (χ3v) is 6.38. The maximum Gasteiger partial charge on any atom is 0.326 e. The lowest BCUT2D eigenvalue weighted by Gasteiger charge is -2.36. The topological polar surface area (TPSA) is 105 Å². The lowest BCUT2D eigenvalue weighted by Crippen LogP contribution is -2.54. The molecule has 1 saturated carbocycles. The number of nitrogens with zero attached hydrogens (tertiary/aromatic N) is 1. The molecular weight excluding hydrogens is 398 g/mol. The Labute approximate surface area is 182 Å². The van der Waals surface area contributed by atoms with E-state index in [-0.39, 0.29) is 17.9 Å². The van der Waals surface area contributed by atoms with Crippen LogP contribution >= 0.6 is 0 Å². The van der Waals surface area contributed by atoms with E-state index in [0.29, 0.717) is 12.8 Å². The SMILES string of the molecule is CC[C@H](NC(=O)COC(=O)CN1C(=O)N[C@]2(CCCC[C@@H]2C)C1=O)c1ccc(C)cc1. The van der Waals surface area contributed by atoms with Crippen LogP contribution in [0.25, 0.3) is 0 Å². The van der Waals surface area contributed by atoms with Gasteiger partial charge in [-0.15, -0.1) is 0 Å². The summed E-state index contributed by atoms with van der Waals surface area (Å²) in [6.07, 6.45) is 3.98. The molecule has 1 aliphatic heterocycles. The summed E-state index contributed by atoms with van der Waals surface area (Å²) < 4.78 is 5.04. The van der Waals surface area contributed by atoms with Crippen LogP contribution in [-0.4, -0.2) is 47.4 Å². The minimum Gasteiger partial charge on any atom is -0.454 e. The molecule has 8 nitrogen and oxygen atoms in total. The molecule has 1 aromatic rings. The standard InChI is InChI=1S/C23H31N3O5/c1-4-18(17-10-8-15(2)9-11-17)24-19(27)14-31-20(28)13-26-21(29)23(25-22(26)30)12-6-5-7-16(23)3/h8-11,16,18H,4-7,12-14H2,1-3H3,(H,24,27)(H,25,30)/t16-,18-,23-/m0/s1.